The summed E-state index contributed by atoms with van der Waals surface area (Å²) in [5, 5.41) is 3.32. The molecule has 0 aliphatic heterocycles. The fourth-order valence-electron chi connectivity index (χ4n) is 1.22. The van der Waals surface area contributed by atoms with Gasteiger partial charge in [0.05, 0.1) is 0 Å². The molecule has 0 aromatic carbocycles. The molecule has 0 radical (unpaired) electrons. The van der Waals surface area contributed by atoms with Crippen molar-refractivity contribution in [1.82, 2.24) is 9.55 Å². The summed E-state index contributed by atoms with van der Waals surface area (Å²) < 4.78 is 1.97. The van der Waals surface area contributed by atoms with Gasteiger partial charge in [0.25, 0.3) is 0 Å². The summed E-state index contributed by atoms with van der Waals surface area (Å²) in [4.78, 5) is 4.18. The largest absolute Gasteiger partial charge is 0.353 e. The van der Waals surface area contributed by atoms with E-state index < -0.39 is 0 Å². The van der Waals surface area contributed by atoms with E-state index in [1.165, 1.54) is 0 Å². The van der Waals surface area contributed by atoms with Gasteiger partial charge in [-0.2, -0.15) is 0 Å². The molecule has 0 spiro atoms. The van der Waals surface area contributed by atoms with Gasteiger partial charge < -0.3 is 15.6 Å². The zero-order valence-electron chi connectivity index (χ0n) is 8.33. The standard InChI is InChI=1S/C9H18N4/c1-8(4-3-5-10)12-9-11-6-7-13(9)2/h6-8H,3-5,10H2,1-2H3,(H,11,12). The lowest BCUT2D eigenvalue weighted by molar-refractivity contribution is 0.654. The Bertz CT molecular complexity index is 244. The smallest absolute Gasteiger partial charge is 0.202 e. The normalized spacial score (nSPS) is 12.8. The minimum atomic E-state index is 0.435. The van der Waals surface area contributed by atoms with Gasteiger partial charge in [0.2, 0.25) is 5.95 Å². The van der Waals surface area contributed by atoms with Gasteiger partial charge in [-0.15, -0.1) is 0 Å². The summed E-state index contributed by atoms with van der Waals surface area (Å²) in [6, 6.07) is 0.435. The number of rotatable bonds is 5. The second kappa shape index (κ2) is 4.87. The molecular formula is C9H18N4. The van der Waals surface area contributed by atoms with Gasteiger partial charge in [-0.05, 0) is 26.3 Å². The number of aryl methyl sites for hydroxylation is 1. The molecule has 1 unspecified atom stereocenters. The van der Waals surface area contributed by atoms with E-state index in [0.717, 1.165) is 25.3 Å². The predicted octanol–water partition coefficient (Wildman–Crippen LogP) is 0.959. The highest BCUT2D eigenvalue weighted by atomic mass is 15.2. The topological polar surface area (TPSA) is 55.9 Å². The van der Waals surface area contributed by atoms with Gasteiger partial charge in [0.15, 0.2) is 0 Å². The quantitative estimate of drug-likeness (QED) is 0.713. The molecular weight excluding hydrogens is 164 g/mol. The van der Waals surface area contributed by atoms with E-state index in [2.05, 4.69) is 17.2 Å². The Morgan fingerprint density at radius 2 is 2.46 bits per heavy atom. The first-order chi connectivity index (χ1) is 6.24. The van der Waals surface area contributed by atoms with Crippen molar-refractivity contribution >= 4 is 5.95 Å². The Labute approximate surface area is 79.1 Å². The molecule has 0 amide bonds. The molecule has 13 heavy (non-hydrogen) atoms. The van der Waals surface area contributed by atoms with Gasteiger partial charge >= 0.3 is 0 Å². The summed E-state index contributed by atoms with van der Waals surface area (Å²) in [6.07, 6.45) is 5.86. The lowest BCUT2D eigenvalue weighted by Gasteiger charge is -2.13. The van der Waals surface area contributed by atoms with E-state index in [0.29, 0.717) is 6.04 Å². The molecule has 74 valence electrons. The third-order valence-corrected chi connectivity index (χ3v) is 2.04. The van der Waals surface area contributed by atoms with Crippen LogP contribution in [0, 0.1) is 0 Å². The highest BCUT2D eigenvalue weighted by Crippen LogP contribution is 2.06. The molecule has 3 N–H and O–H groups in total. The maximum atomic E-state index is 5.43. The third-order valence-electron chi connectivity index (χ3n) is 2.04. The molecule has 4 heteroatoms. The first kappa shape index (κ1) is 10.1. The van der Waals surface area contributed by atoms with Crippen molar-refractivity contribution in [1.29, 1.82) is 0 Å². The van der Waals surface area contributed by atoms with Crippen molar-refractivity contribution in [2.24, 2.45) is 12.8 Å². The second-order valence-corrected chi connectivity index (χ2v) is 3.34. The van der Waals surface area contributed by atoms with E-state index in [-0.39, 0.29) is 0 Å². The van der Waals surface area contributed by atoms with Crippen LogP contribution in [0.25, 0.3) is 0 Å². The fraction of sp³-hybridized carbons (Fsp3) is 0.667. The lowest BCUT2D eigenvalue weighted by atomic mass is 10.2. The Morgan fingerprint density at radius 1 is 1.69 bits per heavy atom. The molecule has 0 fully saturated rings. The first-order valence-corrected chi connectivity index (χ1v) is 4.68. The summed E-state index contributed by atoms with van der Waals surface area (Å²) in [7, 11) is 1.98. The minimum Gasteiger partial charge on any atom is -0.353 e. The highest BCUT2D eigenvalue weighted by molar-refractivity contribution is 5.26. The third kappa shape index (κ3) is 3.06. The van der Waals surface area contributed by atoms with Crippen molar-refractivity contribution in [3.8, 4) is 0 Å². The van der Waals surface area contributed by atoms with E-state index in [1.54, 1.807) is 6.20 Å². The molecule has 0 bridgehead atoms. The Morgan fingerprint density at radius 3 is 3.00 bits per heavy atom. The van der Waals surface area contributed by atoms with Gasteiger partial charge in [-0.1, -0.05) is 0 Å². The van der Waals surface area contributed by atoms with Gasteiger partial charge in [0.1, 0.15) is 0 Å². The van der Waals surface area contributed by atoms with Crippen LogP contribution in [-0.2, 0) is 7.05 Å². The summed E-state index contributed by atoms with van der Waals surface area (Å²) in [6.45, 7) is 2.90. The Balaban J connectivity index is 2.36. The fourth-order valence-corrected chi connectivity index (χ4v) is 1.22. The van der Waals surface area contributed by atoms with E-state index >= 15 is 0 Å². The number of hydrogen-bond donors (Lipinski definition) is 2. The van der Waals surface area contributed by atoms with Crippen molar-refractivity contribution in [2.45, 2.75) is 25.8 Å². The van der Waals surface area contributed by atoms with Crippen molar-refractivity contribution < 1.29 is 0 Å². The second-order valence-electron chi connectivity index (χ2n) is 3.34. The van der Waals surface area contributed by atoms with Crippen LogP contribution in [0.1, 0.15) is 19.8 Å². The maximum absolute atomic E-state index is 5.43. The van der Waals surface area contributed by atoms with Crippen LogP contribution >= 0.6 is 0 Å². The Hall–Kier alpha value is -1.03. The first-order valence-electron chi connectivity index (χ1n) is 4.68. The van der Waals surface area contributed by atoms with Crippen LogP contribution in [0.3, 0.4) is 0 Å². The van der Waals surface area contributed by atoms with Crippen LogP contribution in [0.2, 0.25) is 0 Å². The molecule has 0 aliphatic carbocycles. The molecule has 1 heterocycles. The van der Waals surface area contributed by atoms with Crippen molar-refractivity contribution in [2.75, 3.05) is 11.9 Å². The number of nitrogens with two attached hydrogens (primary N) is 1. The molecule has 0 saturated heterocycles. The molecule has 1 aromatic rings. The van der Waals surface area contributed by atoms with Gasteiger partial charge in [-0.3, -0.25) is 0 Å². The maximum Gasteiger partial charge on any atom is 0.202 e. The van der Waals surface area contributed by atoms with Crippen LogP contribution in [0.15, 0.2) is 12.4 Å². The molecule has 0 aliphatic rings. The number of nitrogens with one attached hydrogen (secondary N) is 1. The van der Waals surface area contributed by atoms with Gasteiger partial charge in [0, 0.05) is 25.5 Å². The summed E-state index contributed by atoms with van der Waals surface area (Å²) in [5.74, 6) is 0.921. The van der Waals surface area contributed by atoms with Gasteiger partial charge in [-0.25, -0.2) is 4.98 Å². The lowest BCUT2D eigenvalue weighted by Crippen LogP contribution is -2.18. The number of anilines is 1. The van der Waals surface area contributed by atoms with Crippen LogP contribution in [-0.4, -0.2) is 22.1 Å². The van der Waals surface area contributed by atoms with E-state index in [4.69, 9.17) is 5.73 Å². The number of nitrogens with zero attached hydrogens (tertiary/aromatic N) is 2. The summed E-state index contributed by atoms with van der Waals surface area (Å²) >= 11 is 0. The molecule has 1 atom stereocenters. The SMILES string of the molecule is CC(CCCN)Nc1nccn1C. The predicted molar refractivity (Wildman–Crippen MR) is 54.6 cm³/mol. The van der Waals surface area contributed by atoms with Crippen LogP contribution in [0.4, 0.5) is 5.95 Å². The monoisotopic (exact) mass is 182 g/mol. The molecule has 1 aromatic heterocycles. The Kier molecular flexibility index (Phi) is 3.76. The zero-order chi connectivity index (χ0) is 9.68. The van der Waals surface area contributed by atoms with E-state index in [1.807, 2.05) is 17.8 Å². The molecule has 0 saturated carbocycles. The highest BCUT2D eigenvalue weighted by Gasteiger charge is 2.03. The van der Waals surface area contributed by atoms with Crippen LogP contribution < -0.4 is 11.1 Å². The average Bonchev–Trinajstić information content (AvgIpc) is 2.48. The van der Waals surface area contributed by atoms with Crippen LogP contribution in [0.5, 0.6) is 0 Å². The van der Waals surface area contributed by atoms with Crippen molar-refractivity contribution in [3.05, 3.63) is 12.4 Å². The number of aromatic nitrogens is 2. The zero-order valence-corrected chi connectivity index (χ0v) is 8.33. The number of imidazole rings is 1. The van der Waals surface area contributed by atoms with E-state index in [9.17, 15) is 0 Å². The molecule has 4 nitrogen and oxygen atoms in total. The summed E-state index contributed by atoms with van der Waals surface area (Å²) in [5.41, 5.74) is 5.43. The average molecular weight is 182 g/mol. The molecule has 1 rings (SSSR count). The number of hydrogen-bond acceptors (Lipinski definition) is 3. The minimum absolute atomic E-state index is 0.435. The van der Waals surface area contributed by atoms with Crippen molar-refractivity contribution in [3.63, 3.8) is 0 Å².